The zero-order valence-electron chi connectivity index (χ0n) is 27.7. The predicted molar refractivity (Wildman–Crippen MR) is 202 cm³/mol. The summed E-state index contributed by atoms with van der Waals surface area (Å²) in [6, 6.07) is 53.2. The molecular formula is C43H42NPSe. The maximum absolute atomic E-state index is 5.22. The van der Waals surface area contributed by atoms with Gasteiger partial charge in [-0.3, -0.25) is 0 Å². The van der Waals surface area contributed by atoms with Crippen LogP contribution in [0.2, 0.25) is 0 Å². The molecule has 230 valence electrons. The van der Waals surface area contributed by atoms with Crippen molar-refractivity contribution in [2.75, 3.05) is 0 Å². The quantitative estimate of drug-likeness (QED) is 0.126. The Labute approximate surface area is 283 Å². The fourth-order valence-corrected chi connectivity index (χ4v) is 10.8. The first kappa shape index (κ1) is 32.2. The zero-order valence-corrected chi connectivity index (χ0v) is 30.3. The molecule has 0 radical (unpaired) electrons. The average Bonchev–Trinajstić information content (AvgIpc) is 3.08. The summed E-state index contributed by atoms with van der Waals surface area (Å²) in [5.41, 5.74) is 7.47. The van der Waals surface area contributed by atoms with E-state index in [9.17, 15) is 0 Å². The van der Waals surface area contributed by atoms with Gasteiger partial charge < -0.3 is 0 Å². The van der Waals surface area contributed by atoms with E-state index in [2.05, 4.69) is 202 Å². The number of pyridine rings is 1. The van der Waals surface area contributed by atoms with Crippen LogP contribution in [0.25, 0.3) is 33.6 Å². The standard InChI is InChI=1S/C43H42NPSe/c1-42(2,3)35-23-17-32(18-24-35)40-29-34(30-41(44-40)33-19-25-36(26-20-33)43(4,5)6)31-21-27-39(28-22-31)45(46,37-13-9-7-10-14-37)38-15-11-8-12-16-38/h7-30H,1-6H3. The van der Waals surface area contributed by atoms with Crippen molar-refractivity contribution in [3.05, 3.63) is 157 Å². The van der Waals surface area contributed by atoms with Gasteiger partial charge in [-0.05, 0) is 10.8 Å². The van der Waals surface area contributed by atoms with E-state index in [1.54, 1.807) is 0 Å². The van der Waals surface area contributed by atoms with Crippen LogP contribution in [-0.2, 0) is 10.8 Å². The van der Waals surface area contributed by atoms with Gasteiger partial charge in [0, 0.05) is 0 Å². The van der Waals surface area contributed by atoms with Crippen LogP contribution >= 0.6 is 5.51 Å². The molecule has 0 bridgehead atoms. The number of hydrogen-bond donors (Lipinski definition) is 0. The summed E-state index contributed by atoms with van der Waals surface area (Å²) in [6.45, 7) is 13.5. The fourth-order valence-electron chi connectivity index (χ4n) is 5.86. The van der Waals surface area contributed by atoms with Gasteiger partial charge in [-0.1, -0.05) is 41.5 Å². The Balaban J connectivity index is 1.45. The zero-order chi connectivity index (χ0) is 32.5. The Morgan fingerprint density at radius 3 is 1.13 bits per heavy atom. The summed E-state index contributed by atoms with van der Waals surface area (Å²) in [5, 5.41) is 3.98. The molecule has 1 nitrogen and oxygen atoms in total. The van der Waals surface area contributed by atoms with E-state index >= 15 is 0 Å². The minimum atomic E-state index is -1.93. The molecule has 0 unspecified atom stereocenters. The number of nitrogens with zero attached hydrogens (tertiary/aromatic N) is 1. The van der Waals surface area contributed by atoms with Crippen LogP contribution in [0.5, 0.6) is 0 Å². The van der Waals surface area contributed by atoms with Crippen molar-refractivity contribution in [1.82, 2.24) is 4.98 Å². The van der Waals surface area contributed by atoms with Crippen LogP contribution in [0.15, 0.2) is 146 Å². The van der Waals surface area contributed by atoms with Crippen molar-refractivity contribution in [3.63, 3.8) is 0 Å². The van der Waals surface area contributed by atoms with Crippen molar-refractivity contribution < 1.29 is 0 Å². The van der Waals surface area contributed by atoms with Gasteiger partial charge in [-0.25, -0.2) is 0 Å². The van der Waals surface area contributed by atoms with Crippen molar-refractivity contribution in [3.8, 4) is 33.6 Å². The molecule has 6 rings (SSSR count). The molecule has 0 atom stereocenters. The Morgan fingerprint density at radius 2 is 0.761 bits per heavy atom. The van der Waals surface area contributed by atoms with E-state index in [-0.39, 0.29) is 10.8 Å². The van der Waals surface area contributed by atoms with Crippen molar-refractivity contribution in [2.45, 2.75) is 52.4 Å². The predicted octanol–water partition coefficient (Wildman–Crippen LogP) is 10.1. The van der Waals surface area contributed by atoms with Crippen LogP contribution in [0.4, 0.5) is 0 Å². The average molecular weight is 683 g/mol. The summed E-state index contributed by atoms with van der Waals surface area (Å²) >= 11 is 3.69. The van der Waals surface area contributed by atoms with Gasteiger partial charge >= 0.3 is 232 Å². The van der Waals surface area contributed by atoms with Gasteiger partial charge in [0.05, 0.1) is 0 Å². The third kappa shape index (κ3) is 6.67. The molecule has 0 aliphatic carbocycles. The Hall–Kier alpha value is -3.80. The molecule has 46 heavy (non-hydrogen) atoms. The Morgan fingerprint density at radius 1 is 0.413 bits per heavy atom. The Bertz CT molecular complexity index is 1860. The van der Waals surface area contributed by atoms with E-state index in [0.29, 0.717) is 0 Å². The van der Waals surface area contributed by atoms with Crippen LogP contribution in [-0.4, -0.2) is 20.1 Å². The fraction of sp³-hybridized carbons (Fsp3) is 0.186. The first-order valence-electron chi connectivity index (χ1n) is 16.0. The summed E-state index contributed by atoms with van der Waals surface area (Å²) in [4.78, 5) is 5.22. The van der Waals surface area contributed by atoms with Gasteiger partial charge in [-0.2, -0.15) is 0 Å². The molecule has 0 aliphatic rings. The number of benzene rings is 5. The number of hydrogen-bond acceptors (Lipinski definition) is 1. The second-order valence-electron chi connectivity index (χ2n) is 14.1. The first-order chi connectivity index (χ1) is 21.9. The molecule has 0 spiro atoms. The van der Waals surface area contributed by atoms with Crippen LogP contribution in [0.1, 0.15) is 52.7 Å². The minimum absolute atomic E-state index is 0.101. The normalized spacial score (nSPS) is 12.2. The van der Waals surface area contributed by atoms with E-state index in [1.807, 2.05) is 0 Å². The summed E-state index contributed by atoms with van der Waals surface area (Å²) in [7, 11) is 0. The van der Waals surface area contributed by atoms with Crippen molar-refractivity contribution >= 4 is 36.5 Å². The third-order valence-corrected chi connectivity index (χ3v) is 15.8. The van der Waals surface area contributed by atoms with Crippen molar-refractivity contribution in [1.29, 1.82) is 0 Å². The molecule has 6 aromatic rings. The molecular weight excluding hydrogens is 640 g/mol. The van der Waals surface area contributed by atoms with Gasteiger partial charge in [0.25, 0.3) is 0 Å². The van der Waals surface area contributed by atoms with Gasteiger partial charge in [-0.15, -0.1) is 0 Å². The molecule has 0 aliphatic heterocycles. The first-order valence-corrected chi connectivity index (χ1v) is 20.0. The molecule has 0 saturated carbocycles. The van der Waals surface area contributed by atoms with Crippen LogP contribution in [0.3, 0.4) is 0 Å². The van der Waals surface area contributed by atoms with Gasteiger partial charge in [0.2, 0.25) is 0 Å². The molecule has 1 aromatic heterocycles. The molecule has 0 saturated heterocycles. The van der Waals surface area contributed by atoms with Gasteiger partial charge in [0.15, 0.2) is 0 Å². The summed E-state index contributed by atoms with van der Waals surface area (Å²) < 4.78 is 0. The van der Waals surface area contributed by atoms with E-state index in [4.69, 9.17) is 4.98 Å². The SMILES string of the molecule is CC(C)(C)c1ccc(-c2cc(-c3ccc(P(=[Se])(c4ccccc4)c4ccccc4)cc3)cc(-c3ccc(C(C)(C)C)cc3)n2)cc1. The molecule has 3 heteroatoms. The summed E-state index contributed by atoms with van der Waals surface area (Å²) in [6.07, 6.45) is 0. The molecule has 0 fully saturated rings. The van der Waals surface area contributed by atoms with Crippen molar-refractivity contribution in [2.24, 2.45) is 0 Å². The third-order valence-electron chi connectivity index (χ3n) is 8.72. The molecule has 0 amide bonds. The molecule has 5 aromatic carbocycles. The Kier molecular flexibility index (Phi) is 8.93. The van der Waals surface area contributed by atoms with Crippen LogP contribution in [0, 0.1) is 0 Å². The van der Waals surface area contributed by atoms with E-state index in [0.717, 1.165) is 28.1 Å². The number of aromatic nitrogens is 1. The molecule has 0 N–H and O–H groups in total. The number of rotatable bonds is 6. The van der Waals surface area contributed by atoms with Crippen LogP contribution < -0.4 is 15.9 Å². The van der Waals surface area contributed by atoms with E-state index < -0.39 is 5.51 Å². The summed E-state index contributed by atoms with van der Waals surface area (Å²) in [5.74, 6) is 0. The topological polar surface area (TPSA) is 12.9 Å². The second-order valence-corrected chi connectivity index (χ2v) is 20.3. The second kappa shape index (κ2) is 12.8. The maximum atomic E-state index is 5.22. The monoisotopic (exact) mass is 683 g/mol. The van der Waals surface area contributed by atoms with E-state index in [1.165, 1.54) is 32.6 Å². The van der Waals surface area contributed by atoms with Gasteiger partial charge in [0.1, 0.15) is 0 Å². The molecule has 1 heterocycles.